The zero-order chi connectivity index (χ0) is 10.7. The van der Waals surface area contributed by atoms with E-state index < -0.39 is 0 Å². The van der Waals surface area contributed by atoms with Crippen LogP contribution in [-0.4, -0.2) is 30.1 Å². The predicted octanol–water partition coefficient (Wildman–Crippen LogP) is 2.38. The van der Waals surface area contributed by atoms with Crippen molar-refractivity contribution in [2.75, 3.05) is 19.6 Å². The molecule has 2 unspecified atom stereocenters. The SMILES string of the molecule is CCC1CC1(N)CCN1CCCCCC1. The van der Waals surface area contributed by atoms with Crippen molar-refractivity contribution in [3.63, 3.8) is 0 Å². The Morgan fingerprint density at radius 3 is 2.40 bits per heavy atom. The average Bonchev–Trinajstić information content (AvgIpc) is 2.95. The summed E-state index contributed by atoms with van der Waals surface area (Å²) < 4.78 is 0. The standard InChI is InChI=1S/C13H26N2/c1-2-12-11-13(12,14)7-10-15-8-5-3-4-6-9-15/h12H,2-11,14H2,1H3. The summed E-state index contributed by atoms with van der Waals surface area (Å²) in [5.41, 5.74) is 6.55. The molecule has 0 spiro atoms. The fraction of sp³-hybridized carbons (Fsp3) is 1.00. The van der Waals surface area contributed by atoms with Gasteiger partial charge in [0.1, 0.15) is 0 Å². The summed E-state index contributed by atoms with van der Waals surface area (Å²) >= 11 is 0. The third-order valence-corrected chi connectivity index (χ3v) is 4.36. The van der Waals surface area contributed by atoms with E-state index in [0.29, 0.717) is 0 Å². The Morgan fingerprint density at radius 1 is 1.20 bits per heavy atom. The van der Waals surface area contributed by atoms with E-state index >= 15 is 0 Å². The van der Waals surface area contributed by atoms with Crippen LogP contribution >= 0.6 is 0 Å². The lowest BCUT2D eigenvalue weighted by Crippen LogP contribution is -2.33. The van der Waals surface area contributed by atoms with Crippen molar-refractivity contribution < 1.29 is 0 Å². The van der Waals surface area contributed by atoms with Gasteiger partial charge in [-0.25, -0.2) is 0 Å². The molecule has 15 heavy (non-hydrogen) atoms. The molecule has 1 saturated carbocycles. The molecular formula is C13H26N2. The van der Waals surface area contributed by atoms with Gasteiger partial charge < -0.3 is 10.6 Å². The number of nitrogens with two attached hydrogens (primary N) is 1. The molecule has 0 amide bonds. The summed E-state index contributed by atoms with van der Waals surface area (Å²) in [6, 6.07) is 0. The van der Waals surface area contributed by atoms with Gasteiger partial charge in [0, 0.05) is 5.54 Å². The molecule has 0 radical (unpaired) electrons. The Balaban J connectivity index is 1.68. The zero-order valence-electron chi connectivity index (χ0n) is 10.2. The first kappa shape index (κ1) is 11.4. The van der Waals surface area contributed by atoms with Gasteiger partial charge in [0.15, 0.2) is 0 Å². The lowest BCUT2D eigenvalue weighted by atomic mass is 10.1. The molecule has 2 fully saturated rings. The first-order valence-electron chi connectivity index (χ1n) is 6.76. The van der Waals surface area contributed by atoms with Crippen LogP contribution in [0.5, 0.6) is 0 Å². The Kier molecular flexibility index (Phi) is 3.68. The summed E-state index contributed by atoms with van der Waals surface area (Å²) in [6.45, 7) is 6.14. The molecular weight excluding hydrogens is 184 g/mol. The molecule has 0 aromatic carbocycles. The van der Waals surface area contributed by atoms with E-state index in [-0.39, 0.29) is 5.54 Å². The van der Waals surface area contributed by atoms with Crippen molar-refractivity contribution in [2.24, 2.45) is 11.7 Å². The van der Waals surface area contributed by atoms with Crippen LogP contribution in [-0.2, 0) is 0 Å². The zero-order valence-corrected chi connectivity index (χ0v) is 10.2. The fourth-order valence-corrected chi connectivity index (χ4v) is 2.98. The van der Waals surface area contributed by atoms with Gasteiger partial charge >= 0.3 is 0 Å². The summed E-state index contributed by atoms with van der Waals surface area (Å²) in [6.07, 6.45) is 9.44. The van der Waals surface area contributed by atoms with E-state index in [1.807, 2.05) is 0 Å². The Labute approximate surface area is 94.2 Å². The van der Waals surface area contributed by atoms with Gasteiger partial charge in [-0.3, -0.25) is 0 Å². The van der Waals surface area contributed by atoms with Crippen LogP contribution in [0.2, 0.25) is 0 Å². The molecule has 88 valence electrons. The minimum Gasteiger partial charge on any atom is -0.325 e. The molecule has 2 nitrogen and oxygen atoms in total. The molecule has 0 bridgehead atoms. The van der Waals surface area contributed by atoms with Crippen LogP contribution in [0.15, 0.2) is 0 Å². The lowest BCUT2D eigenvalue weighted by molar-refractivity contribution is 0.267. The fourth-order valence-electron chi connectivity index (χ4n) is 2.98. The van der Waals surface area contributed by atoms with E-state index in [9.17, 15) is 0 Å². The summed E-state index contributed by atoms with van der Waals surface area (Å²) in [5, 5.41) is 0. The average molecular weight is 210 g/mol. The van der Waals surface area contributed by atoms with Gasteiger partial charge in [-0.1, -0.05) is 26.2 Å². The van der Waals surface area contributed by atoms with Crippen LogP contribution in [0.1, 0.15) is 51.9 Å². The quantitative estimate of drug-likeness (QED) is 0.772. The van der Waals surface area contributed by atoms with E-state index in [1.165, 1.54) is 64.6 Å². The van der Waals surface area contributed by atoms with Crippen molar-refractivity contribution >= 4 is 0 Å². The second-order valence-electron chi connectivity index (χ2n) is 5.55. The molecule has 1 heterocycles. The molecule has 2 heteroatoms. The molecule has 1 aliphatic heterocycles. The molecule has 1 saturated heterocycles. The minimum atomic E-state index is 0.223. The number of nitrogens with zero attached hydrogens (tertiary/aromatic N) is 1. The van der Waals surface area contributed by atoms with E-state index in [1.54, 1.807) is 0 Å². The highest BCUT2D eigenvalue weighted by Crippen LogP contribution is 2.45. The van der Waals surface area contributed by atoms with Crippen molar-refractivity contribution in [3.8, 4) is 0 Å². The topological polar surface area (TPSA) is 29.3 Å². The van der Waals surface area contributed by atoms with Crippen LogP contribution in [0.4, 0.5) is 0 Å². The number of hydrogen-bond acceptors (Lipinski definition) is 2. The maximum absolute atomic E-state index is 6.33. The monoisotopic (exact) mass is 210 g/mol. The van der Waals surface area contributed by atoms with Crippen LogP contribution < -0.4 is 5.73 Å². The van der Waals surface area contributed by atoms with Gasteiger partial charge in [0.05, 0.1) is 0 Å². The van der Waals surface area contributed by atoms with Crippen molar-refractivity contribution in [1.82, 2.24) is 4.90 Å². The van der Waals surface area contributed by atoms with Crippen molar-refractivity contribution in [3.05, 3.63) is 0 Å². The molecule has 2 N–H and O–H groups in total. The number of likely N-dealkylation sites (tertiary alicyclic amines) is 1. The predicted molar refractivity (Wildman–Crippen MR) is 64.8 cm³/mol. The van der Waals surface area contributed by atoms with E-state index in [4.69, 9.17) is 5.73 Å². The van der Waals surface area contributed by atoms with E-state index in [2.05, 4.69) is 11.8 Å². The first-order chi connectivity index (χ1) is 7.24. The summed E-state index contributed by atoms with van der Waals surface area (Å²) in [5.74, 6) is 0.824. The minimum absolute atomic E-state index is 0.223. The Hall–Kier alpha value is -0.0800. The molecule has 1 aliphatic carbocycles. The largest absolute Gasteiger partial charge is 0.325 e. The highest BCUT2D eigenvalue weighted by molar-refractivity contribution is 5.07. The second-order valence-corrected chi connectivity index (χ2v) is 5.55. The van der Waals surface area contributed by atoms with Gasteiger partial charge in [-0.15, -0.1) is 0 Å². The van der Waals surface area contributed by atoms with Crippen molar-refractivity contribution in [2.45, 2.75) is 57.4 Å². The van der Waals surface area contributed by atoms with Gasteiger partial charge in [-0.05, 0) is 51.2 Å². The van der Waals surface area contributed by atoms with Crippen molar-refractivity contribution in [1.29, 1.82) is 0 Å². The lowest BCUT2D eigenvalue weighted by Gasteiger charge is -2.22. The van der Waals surface area contributed by atoms with E-state index in [0.717, 1.165) is 5.92 Å². The Morgan fingerprint density at radius 2 is 1.87 bits per heavy atom. The number of rotatable bonds is 4. The first-order valence-corrected chi connectivity index (χ1v) is 6.76. The highest BCUT2D eigenvalue weighted by atomic mass is 15.1. The van der Waals surface area contributed by atoms with Crippen LogP contribution in [0, 0.1) is 5.92 Å². The summed E-state index contributed by atoms with van der Waals surface area (Å²) in [4.78, 5) is 2.63. The normalized spacial score (nSPS) is 37.6. The molecule has 2 aliphatic rings. The third kappa shape index (κ3) is 2.94. The highest BCUT2D eigenvalue weighted by Gasteiger charge is 2.48. The smallest absolute Gasteiger partial charge is 0.0199 e. The van der Waals surface area contributed by atoms with Crippen LogP contribution in [0.3, 0.4) is 0 Å². The number of hydrogen-bond donors (Lipinski definition) is 1. The third-order valence-electron chi connectivity index (χ3n) is 4.36. The van der Waals surface area contributed by atoms with Crippen LogP contribution in [0.25, 0.3) is 0 Å². The van der Waals surface area contributed by atoms with Gasteiger partial charge in [-0.2, -0.15) is 0 Å². The second kappa shape index (κ2) is 4.84. The van der Waals surface area contributed by atoms with Gasteiger partial charge in [0.25, 0.3) is 0 Å². The molecule has 2 rings (SSSR count). The van der Waals surface area contributed by atoms with Gasteiger partial charge in [0.2, 0.25) is 0 Å². The Bertz CT molecular complexity index is 197. The maximum atomic E-state index is 6.33. The summed E-state index contributed by atoms with van der Waals surface area (Å²) in [7, 11) is 0. The maximum Gasteiger partial charge on any atom is 0.0199 e. The molecule has 2 atom stereocenters. The molecule has 0 aromatic heterocycles. The molecule has 0 aromatic rings.